The number of nitriles is 1. The van der Waals surface area contributed by atoms with Crippen LogP contribution in [0.4, 0.5) is 4.79 Å². The predicted octanol–water partition coefficient (Wildman–Crippen LogP) is 2.01. The highest BCUT2D eigenvalue weighted by Gasteiger charge is 2.39. The molecule has 0 saturated carbocycles. The predicted molar refractivity (Wildman–Crippen MR) is 71.7 cm³/mol. The third kappa shape index (κ3) is 4.26. The third-order valence-corrected chi connectivity index (χ3v) is 2.79. The molecule has 0 bridgehead atoms. The van der Waals surface area contributed by atoms with Crippen LogP contribution in [-0.2, 0) is 14.3 Å². The van der Waals surface area contributed by atoms with E-state index in [0.717, 1.165) is 5.57 Å². The van der Waals surface area contributed by atoms with Crippen LogP contribution in [0.5, 0.6) is 0 Å². The average Bonchev–Trinajstić information content (AvgIpc) is 2.77. The minimum atomic E-state index is -0.681. The fourth-order valence-corrected chi connectivity index (χ4v) is 1.95. The first-order valence-corrected chi connectivity index (χ1v) is 6.41. The van der Waals surface area contributed by atoms with E-state index in [2.05, 4.69) is 0 Å². The number of rotatable bonds is 2. The van der Waals surface area contributed by atoms with Crippen LogP contribution in [0, 0.1) is 11.3 Å². The molecule has 1 saturated heterocycles. The largest absolute Gasteiger partial charge is 0.467 e. The summed E-state index contributed by atoms with van der Waals surface area (Å²) in [5, 5.41) is 8.58. The molecule has 1 rings (SSSR count). The van der Waals surface area contributed by atoms with Crippen molar-refractivity contribution in [2.24, 2.45) is 0 Å². The number of amides is 1. The van der Waals surface area contributed by atoms with Crippen molar-refractivity contribution in [1.82, 2.24) is 4.90 Å². The standard InChI is InChI=1S/C14H20N2O4/c1-14(2,3)20-13(18)16-9-10(6-5-7-15)8-11(16)12(17)19-4/h6,11H,5,8-9H2,1-4H3/b10-6-/t11-/m0/s1. The zero-order chi connectivity index (χ0) is 15.3. The summed E-state index contributed by atoms with van der Waals surface area (Å²) < 4.78 is 10.0. The second-order valence-corrected chi connectivity index (χ2v) is 5.58. The Balaban J connectivity index is 2.87. The van der Waals surface area contributed by atoms with Crippen molar-refractivity contribution in [1.29, 1.82) is 5.26 Å². The minimum absolute atomic E-state index is 0.255. The van der Waals surface area contributed by atoms with Gasteiger partial charge in [-0.1, -0.05) is 11.6 Å². The Hall–Kier alpha value is -2.03. The van der Waals surface area contributed by atoms with Gasteiger partial charge in [0, 0.05) is 13.0 Å². The molecule has 0 aliphatic carbocycles. The van der Waals surface area contributed by atoms with Gasteiger partial charge in [-0.05, 0) is 20.8 Å². The molecule has 0 aromatic carbocycles. The van der Waals surface area contributed by atoms with E-state index in [9.17, 15) is 9.59 Å². The van der Waals surface area contributed by atoms with Crippen LogP contribution < -0.4 is 0 Å². The molecule has 0 aromatic rings. The van der Waals surface area contributed by atoms with Crippen molar-refractivity contribution in [2.45, 2.75) is 45.3 Å². The molecule has 1 aliphatic heterocycles. The van der Waals surface area contributed by atoms with E-state index in [1.807, 2.05) is 6.07 Å². The molecule has 1 heterocycles. The van der Waals surface area contributed by atoms with Gasteiger partial charge < -0.3 is 9.47 Å². The first kappa shape index (κ1) is 16.0. The normalized spacial score (nSPS) is 20.6. The van der Waals surface area contributed by atoms with Crippen LogP contribution in [0.3, 0.4) is 0 Å². The zero-order valence-electron chi connectivity index (χ0n) is 12.3. The highest BCUT2D eigenvalue weighted by Crippen LogP contribution is 2.26. The van der Waals surface area contributed by atoms with Gasteiger partial charge in [0.05, 0.1) is 19.6 Å². The number of likely N-dealkylation sites (tertiary alicyclic amines) is 1. The maximum atomic E-state index is 12.1. The van der Waals surface area contributed by atoms with E-state index in [1.165, 1.54) is 12.0 Å². The van der Waals surface area contributed by atoms with E-state index >= 15 is 0 Å². The van der Waals surface area contributed by atoms with Gasteiger partial charge in [-0.2, -0.15) is 5.26 Å². The van der Waals surface area contributed by atoms with E-state index in [0.29, 0.717) is 6.42 Å². The topological polar surface area (TPSA) is 79.6 Å². The molecule has 0 unspecified atom stereocenters. The van der Waals surface area contributed by atoms with Crippen molar-refractivity contribution >= 4 is 12.1 Å². The lowest BCUT2D eigenvalue weighted by molar-refractivity contribution is -0.145. The van der Waals surface area contributed by atoms with E-state index < -0.39 is 23.7 Å². The first-order valence-electron chi connectivity index (χ1n) is 6.41. The Morgan fingerprint density at radius 1 is 1.50 bits per heavy atom. The Morgan fingerprint density at radius 2 is 2.15 bits per heavy atom. The number of hydrogen-bond acceptors (Lipinski definition) is 5. The van der Waals surface area contributed by atoms with Crippen molar-refractivity contribution in [2.75, 3.05) is 13.7 Å². The number of esters is 1. The molecule has 0 radical (unpaired) electrons. The maximum Gasteiger partial charge on any atom is 0.411 e. The Kier molecular flexibility index (Phi) is 5.14. The monoisotopic (exact) mass is 280 g/mol. The molecule has 1 amide bonds. The van der Waals surface area contributed by atoms with Gasteiger partial charge in [0.1, 0.15) is 11.6 Å². The fourth-order valence-electron chi connectivity index (χ4n) is 1.95. The molecule has 1 aliphatic rings. The number of nitrogens with zero attached hydrogens (tertiary/aromatic N) is 2. The van der Waals surface area contributed by atoms with Gasteiger partial charge in [0.2, 0.25) is 0 Å². The number of allylic oxidation sites excluding steroid dienone is 1. The average molecular weight is 280 g/mol. The second kappa shape index (κ2) is 6.42. The van der Waals surface area contributed by atoms with Gasteiger partial charge >= 0.3 is 12.1 Å². The Bertz CT molecular complexity index is 457. The van der Waals surface area contributed by atoms with E-state index in [4.69, 9.17) is 14.7 Å². The number of carbonyl (C=O) groups is 2. The summed E-state index contributed by atoms with van der Waals surface area (Å²) in [6.07, 6.45) is 1.83. The summed E-state index contributed by atoms with van der Waals surface area (Å²) in [5.41, 5.74) is 0.240. The molecular weight excluding hydrogens is 260 g/mol. The van der Waals surface area contributed by atoms with Crippen molar-refractivity contribution in [3.63, 3.8) is 0 Å². The van der Waals surface area contributed by atoms with Crippen molar-refractivity contribution < 1.29 is 19.1 Å². The van der Waals surface area contributed by atoms with Gasteiger partial charge in [-0.25, -0.2) is 9.59 Å². The SMILES string of the molecule is COC(=O)[C@@H]1C/C(=C/CC#N)CN1C(=O)OC(C)(C)C. The molecular formula is C14H20N2O4. The van der Waals surface area contributed by atoms with Crippen LogP contribution in [0.2, 0.25) is 0 Å². The maximum absolute atomic E-state index is 12.1. The first-order chi connectivity index (χ1) is 9.28. The number of ether oxygens (including phenoxy) is 2. The van der Waals surface area contributed by atoms with Crippen molar-refractivity contribution in [3.05, 3.63) is 11.6 Å². The summed E-state index contributed by atoms with van der Waals surface area (Å²) in [4.78, 5) is 25.2. The van der Waals surface area contributed by atoms with Crippen molar-refractivity contribution in [3.8, 4) is 6.07 Å². The van der Waals surface area contributed by atoms with Gasteiger partial charge in [-0.3, -0.25) is 4.90 Å². The Morgan fingerprint density at radius 3 is 2.65 bits per heavy atom. The third-order valence-electron chi connectivity index (χ3n) is 2.79. The summed E-state index contributed by atoms with van der Waals surface area (Å²) in [5.74, 6) is -0.476. The lowest BCUT2D eigenvalue weighted by Crippen LogP contribution is -2.43. The van der Waals surface area contributed by atoms with Crippen LogP contribution in [0.25, 0.3) is 0 Å². The lowest BCUT2D eigenvalue weighted by atomic mass is 10.1. The lowest BCUT2D eigenvalue weighted by Gasteiger charge is -2.27. The molecule has 110 valence electrons. The zero-order valence-corrected chi connectivity index (χ0v) is 12.3. The molecule has 0 spiro atoms. The highest BCUT2D eigenvalue weighted by molar-refractivity contribution is 5.83. The molecule has 1 fully saturated rings. The van der Waals surface area contributed by atoms with Crippen LogP contribution in [-0.4, -0.2) is 42.3 Å². The summed E-state index contributed by atoms with van der Waals surface area (Å²) >= 11 is 0. The van der Waals surface area contributed by atoms with Gasteiger partial charge in [0.15, 0.2) is 0 Å². The van der Waals surface area contributed by atoms with Crippen LogP contribution in [0.15, 0.2) is 11.6 Å². The number of carbonyl (C=O) groups excluding carboxylic acids is 2. The molecule has 20 heavy (non-hydrogen) atoms. The van der Waals surface area contributed by atoms with Gasteiger partial charge in [-0.15, -0.1) is 0 Å². The van der Waals surface area contributed by atoms with Crippen LogP contribution >= 0.6 is 0 Å². The molecule has 6 nitrogen and oxygen atoms in total. The smallest absolute Gasteiger partial charge is 0.411 e. The van der Waals surface area contributed by atoms with Crippen LogP contribution in [0.1, 0.15) is 33.6 Å². The molecule has 0 aromatic heterocycles. The second-order valence-electron chi connectivity index (χ2n) is 5.58. The summed E-state index contributed by atoms with van der Waals surface area (Å²) in [7, 11) is 1.28. The number of methoxy groups -OCH3 is 1. The molecule has 6 heteroatoms. The minimum Gasteiger partial charge on any atom is -0.467 e. The van der Waals surface area contributed by atoms with E-state index in [-0.39, 0.29) is 13.0 Å². The fraction of sp³-hybridized carbons (Fsp3) is 0.643. The number of hydrogen-bond donors (Lipinski definition) is 0. The molecule has 0 N–H and O–H groups in total. The summed E-state index contributed by atoms with van der Waals surface area (Å²) in [6, 6.07) is 1.33. The van der Waals surface area contributed by atoms with Gasteiger partial charge in [0.25, 0.3) is 0 Å². The quantitative estimate of drug-likeness (QED) is 0.571. The Labute approximate surface area is 118 Å². The van der Waals surface area contributed by atoms with E-state index in [1.54, 1.807) is 26.8 Å². The highest BCUT2D eigenvalue weighted by atomic mass is 16.6. The molecule has 1 atom stereocenters. The summed E-state index contributed by atoms with van der Waals surface area (Å²) in [6.45, 7) is 5.58.